The van der Waals surface area contributed by atoms with E-state index in [1.54, 1.807) is 31.4 Å². The molecule has 0 radical (unpaired) electrons. The maximum atomic E-state index is 13.7. The fourth-order valence-electron chi connectivity index (χ4n) is 4.03. The van der Waals surface area contributed by atoms with E-state index in [9.17, 15) is 9.18 Å². The van der Waals surface area contributed by atoms with Gasteiger partial charge < -0.3 is 23.8 Å². The zero-order valence-corrected chi connectivity index (χ0v) is 19.8. The maximum absolute atomic E-state index is 13.7. The number of ether oxygens (including phenoxy) is 2. The summed E-state index contributed by atoms with van der Waals surface area (Å²) in [6, 6.07) is 13.3. The van der Waals surface area contributed by atoms with Gasteiger partial charge in [-0.2, -0.15) is 0 Å². The second-order valence-corrected chi connectivity index (χ2v) is 8.34. The van der Waals surface area contributed by atoms with Gasteiger partial charge in [-0.3, -0.25) is 4.79 Å². The van der Waals surface area contributed by atoms with Gasteiger partial charge in [0.2, 0.25) is 5.88 Å². The molecule has 1 fully saturated rings. The number of hydrogen-bond acceptors (Lipinski definition) is 6. The number of aromatic nitrogens is 1. The molecule has 1 atom stereocenters. The van der Waals surface area contributed by atoms with Crippen LogP contribution in [0.5, 0.6) is 5.75 Å². The third-order valence-corrected chi connectivity index (χ3v) is 6.21. The van der Waals surface area contributed by atoms with Gasteiger partial charge >= 0.3 is 0 Å². The number of nitrogens with zero attached hydrogens (tertiary/aromatic N) is 3. The van der Waals surface area contributed by atoms with Crippen LogP contribution in [0.1, 0.15) is 36.2 Å². The van der Waals surface area contributed by atoms with Crippen LogP contribution in [0.4, 0.5) is 10.3 Å². The highest BCUT2D eigenvalue weighted by atomic mass is 19.1. The Hall–Kier alpha value is -3.39. The second kappa shape index (κ2) is 10.7. The van der Waals surface area contributed by atoms with Crippen molar-refractivity contribution in [2.45, 2.75) is 32.9 Å². The van der Waals surface area contributed by atoms with E-state index < -0.39 is 0 Å². The standard InChI is InChI=1S/C26H30FN3O4/c1-4-18(2)30(25(31)20-6-5-7-22(16-20)32-3)17-23-24(19-8-10-21(27)11-9-19)28-34-26(23)29-12-14-33-15-13-29/h5-11,16,18H,4,12-15,17H2,1-3H3. The van der Waals surface area contributed by atoms with Crippen molar-refractivity contribution in [3.05, 3.63) is 65.5 Å². The molecule has 1 amide bonds. The lowest BCUT2D eigenvalue weighted by Gasteiger charge is -2.31. The number of halogens is 1. The molecule has 0 bridgehead atoms. The minimum absolute atomic E-state index is 0.0350. The summed E-state index contributed by atoms with van der Waals surface area (Å²) < 4.78 is 30.2. The Morgan fingerprint density at radius 2 is 1.94 bits per heavy atom. The van der Waals surface area contributed by atoms with Gasteiger partial charge in [-0.1, -0.05) is 18.1 Å². The second-order valence-electron chi connectivity index (χ2n) is 8.34. The molecule has 0 N–H and O–H groups in total. The molecule has 1 aliphatic heterocycles. The Bertz CT molecular complexity index is 1110. The van der Waals surface area contributed by atoms with Crippen LogP contribution in [0.15, 0.2) is 53.1 Å². The number of anilines is 1. The lowest BCUT2D eigenvalue weighted by molar-refractivity contribution is 0.0671. The van der Waals surface area contributed by atoms with Crippen LogP contribution in [-0.4, -0.2) is 55.4 Å². The van der Waals surface area contributed by atoms with Crippen molar-refractivity contribution >= 4 is 11.8 Å². The minimum Gasteiger partial charge on any atom is -0.497 e. The SMILES string of the molecule is CCC(C)N(Cc1c(-c2ccc(F)cc2)noc1N1CCOCC1)C(=O)c1cccc(OC)c1. The predicted molar refractivity (Wildman–Crippen MR) is 128 cm³/mol. The smallest absolute Gasteiger partial charge is 0.254 e. The molecule has 3 aromatic rings. The quantitative estimate of drug-likeness (QED) is 0.476. The van der Waals surface area contributed by atoms with Gasteiger partial charge in [-0.15, -0.1) is 0 Å². The number of rotatable bonds is 8. The Balaban J connectivity index is 1.75. The highest BCUT2D eigenvalue weighted by molar-refractivity contribution is 5.95. The van der Waals surface area contributed by atoms with Crippen molar-refractivity contribution in [3.63, 3.8) is 0 Å². The van der Waals surface area contributed by atoms with Gasteiger partial charge in [-0.05, 0) is 55.8 Å². The summed E-state index contributed by atoms with van der Waals surface area (Å²) in [4.78, 5) is 17.6. The third-order valence-electron chi connectivity index (χ3n) is 6.21. The Morgan fingerprint density at radius 1 is 1.21 bits per heavy atom. The molecule has 8 heteroatoms. The molecule has 0 saturated carbocycles. The third kappa shape index (κ3) is 5.07. The van der Waals surface area contributed by atoms with Crippen molar-refractivity contribution in [1.82, 2.24) is 10.1 Å². The van der Waals surface area contributed by atoms with Crippen molar-refractivity contribution in [1.29, 1.82) is 0 Å². The number of benzene rings is 2. The molecular weight excluding hydrogens is 437 g/mol. The van der Waals surface area contributed by atoms with Gasteiger partial charge in [0.15, 0.2) is 0 Å². The zero-order valence-electron chi connectivity index (χ0n) is 19.8. The summed E-state index contributed by atoms with van der Waals surface area (Å²) in [5.74, 6) is 0.819. The summed E-state index contributed by atoms with van der Waals surface area (Å²) in [5.41, 5.74) is 2.68. The monoisotopic (exact) mass is 467 g/mol. The lowest BCUT2D eigenvalue weighted by Crippen LogP contribution is -2.39. The van der Waals surface area contributed by atoms with E-state index in [0.717, 1.165) is 17.5 Å². The predicted octanol–water partition coefficient (Wildman–Crippen LogP) is 4.77. The topological polar surface area (TPSA) is 68.0 Å². The van der Waals surface area contributed by atoms with Crippen LogP contribution in [0, 0.1) is 5.82 Å². The number of amides is 1. The van der Waals surface area contributed by atoms with Gasteiger partial charge in [0.25, 0.3) is 5.91 Å². The van der Waals surface area contributed by atoms with Crippen molar-refractivity contribution in [2.75, 3.05) is 38.3 Å². The number of carbonyl (C=O) groups excluding carboxylic acids is 1. The van der Waals surface area contributed by atoms with Gasteiger partial charge in [-0.25, -0.2) is 4.39 Å². The van der Waals surface area contributed by atoms with Crippen LogP contribution in [0.2, 0.25) is 0 Å². The molecule has 34 heavy (non-hydrogen) atoms. The van der Waals surface area contributed by atoms with Crippen molar-refractivity contribution in [3.8, 4) is 17.0 Å². The first-order valence-corrected chi connectivity index (χ1v) is 11.5. The van der Waals surface area contributed by atoms with Gasteiger partial charge in [0.05, 0.1) is 32.4 Å². The highest BCUT2D eigenvalue weighted by Crippen LogP contribution is 2.34. The van der Waals surface area contributed by atoms with Crippen LogP contribution in [0.25, 0.3) is 11.3 Å². The number of hydrogen-bond donors (Lipinski definition) is 0. The molecule has 7 nitrogen and oxygen atoms in total. The van der Waals surface area contributed by atoms with Crippen molar-refractivity contribution in [2.24, 2.45) is 0 Å². The molecular formula is C26H30FN3O4. The fraction of sp³-hybridized carbons (Fsp3) is 0.385. The molecule has 1 aliphatic rings. The van der Waals surface area contributed by atoms with Gasteiger partial charge in [0, 0.05) is 30.3 Å². The van der Waals surface area contributed by atoms with E-state index in [2.05, 4.69) is 10.1 Å². The van der Waals surface area contributed by atoms with E-state index in [1.165, 1.54) is 12.1 Å². The normalized spacial score (nSPS) is 14.6. The summed E-state index contributed by atoms with van der Waals surface area (Å²) in [5, 5.41) is 4.35. The summed E-state index contributed by atoms with van der Waals surface area (Å²) >= 11 is 0. The molecule has 180 valence electrons. The first kappa shape index (κ1) is 23.8. The zero-order chi connectivity index (χ0) is 24.1. The highest BCUT2D eigenvalue weighted by Gasteiger charge is 2.29. The number of morpholine rings is 1. The van der Waals surface area contributed by atoms with Crippen LogP contribution in [-0.2, 0) is 11.3 Å². The molecule has 1 saturated heterocycles. The molecule has 2 heterocycles. The molecule has 0 aliphatic carbocycles. The van der Waals surface area contributed by atoms with Crippen LogP contribution in [0.3, 0.4) is 0 Å². The van der Waals surface area contributed by atoms with E-state index >= 15 is 0 Å². The number of methoxy groups -OCH3 is 1. The fourth-order valence-corrected chi connectivity index (χ4v) is 4.03. The molecule has 4 rings (SSSR count). The van der Waals surface area contributed by atoms with E-state index in [1.807, 2.05) is 30.9 Å². The molecule has 0 spiro atoms. The molecule has 2 aromatic carbocycles. The average Bonchev–Trinajstić information content (AvgIpc) is 3.31. The van der Waals surface area contributed by atoms with Crippen LogP contribution >= 0.6 is 0 Å². The summed E-state index contributed by atoms with van der Waals surface area (Å²) in [6.07, 6.45) is 0.778. The summed E-state index contributed by atoms with van der Waals surface area (Å²) in [7, 11) is 1.58. The lowest BCUT2D eigenvalue weighted by atomic mass is 10.0. The molecule has 1 unspecified atom stereocenters. The molecule has 1 aromatic heterocycles. The van der Waals surface area contributed by atoms with E-state index in [0.29, 0.717) is 55.7 Å². The first-order chi connectivity index (χ1) is 16.5. The van der Waals surface area contributed by atoms with E-state index in [-0.39, 0.29) is 17.8 Å². The van der Waals surface area contributed by atoms with Crippen LogP contribution < -0.4 is 9.64 Å². The van der Waals surface area contributed by atoms with E-state index in [4.69, 9.17) is 14.0 Å². The first-order valence-electron chi connectivity index (χ1n) is 11.5. The van der Waals surface area contributed by atoms with Crippen molar-refractivity contribution < 1.29 is 23.2 Å². The summed E-state index contributed by atoms with van der Waals surface area (Å²) in [6.45, 7) is 6.88. The Labute approximate surface area is 199 Å². The van der Waals surface area contributed by atoms with Gasteiger partial charge in [0.1, 0.15) is 17.3 Å². The Morgan fingerprint density at radius 3 is 2.62 bits per heavy atom. The maximum Gasteiger partial charge on any atom is 0.254 e. The Kier molecular flexibility index (Phi) is 7.47. The average molecular weight is 468 g/mol. The number of carbonyl (C=O) groups is 1. The largest absolute Gasteiger partial charge is 0.497 e. The minimum atomic E-state index is -0.323.